The van der Waals surface area contributed by atoms with Crippen molar-refractivity contribution in [1.29, 1.82) is 0 Å². The first kappa shape index (κ1) is 14.0. The Bertz CT molecular complexity index is 558. The van der Waals surface area contributed by atoms with Gasteiger partial charge in [0.1, 0.15) is 12.4 Å². The number of halogens is 1. The van der Waals surface area contributed by atoms with E-state index in [1.165, 1.54) is 0 Å². The number of benzene rings is 1. The third-order valence-electron chi connectivity index (χ3n) is 2.85. The van der Waals surface area contributed by atoms with Crippen molar-refractivity contribution in [2.45, 2.75) is 20.0 Å². The third-order valence-corrected chi connectivity index (χ3v) is 3.29. The van der Waals surface area contributed by atoms with E-state index in [1.54, 1.807) is 6.20 Å². The number of nitrogens with zero attached hydrogens (tertiary/aromatic N) is 1. The molecule has 0 fully saturated rings. The Morgan fingerprint density at radius 2 is 2.16 bits per heavy atom. The van der Waals surface area contributed by atoms with E-state index in [2.05, 4.69) is 40.0 Å². The van der Waals surface area contributed by atoms with Crippen molar-refractivity contribution >= 4 is 15.9 Å². The molecule has 0 unspecified atom stereocenters. The molecule has 0 aliphatic carbocycles. The average molecular weight is 321 g/mol. The van der Waals surface area contributed by atoms with Crippen LogP contribution in [0.3, 0.4) is 0 Å². The van der Waals surface area contributed by atoms with Gasteiger partial charge in [-0.25, -0.2) is 0 Å². The second-order valence-corrected chi connectivity index (χ2v) is 5.32. The maximum atomic E-state index is 5.95. The zero-order valence-electron chi connectivity index (χ0n) is 10.9. The maximum Gasteiger partial charge on any atom is 0.125 e. The molecule has 0 aliphatic rings. The summed E-state index contributed by atoms with van der Waals surface area (Å²) >= 11 is 3.41. The van der Waals surface area contributed by atoms with Gasteiger partial charge in [-0.2, -0.15) is 0 Å². The highest BCUT2D eigenvalue weighted by Crippen LogP contribution is 2.25. The highest BCUT2D eigenvalue weighted by molar-refractivity contribution is 9.10. The molecule has 2 N–H and O–H groups in total. The number of aromatic nitrogens is 1. The van der Waals surface area contributed by atoms with Crippen LogP contribution in [0.25, 0.3) is 0 Å². The predicted molar refractivity (Wildman–Crippen MR) is 80.2 cm³/mol. The summed E-state index contributed by atoms with van der Waals surface area (Å²) in [5.41, 5.74) is 8.96. The minimum Gasteiger partial charge on any atom is -0.488 e. The number of nitrogens with two attached hydrogens (primary N) is 1. The molecule has 100 valence electrons. The SMILES string of the molecule is Cc1cccc(CCN)c1OCc1cncc(Br)c1. The highest BCUT2D eigenvalue weighted by Gasteiger charge is 2.07. The number of aryl methyl sites for hydroxylation is 1. The molecule has 0 amide bonds. The van der Waals surface area contributed by atoms with Crippen molar-refractivity contribution in [3.63, 3.8) is 0 Å². The molecule has 1 heterocycles. The normalized spacial score (nSPS) is 10.5. The van der Waals surface area contributed by atoms with Gasteiger partial charge >= 0.3 is 0 Å². The van der Waals surface area contributed by atoms with Crippen LogP contribution in [0.1, 0.15) is 16.7 Å². The first-order chi connectivity index (χ1) is 9.20. The lowest BCUT2D eigenvalue weighted by atomic mass is 10.1. The topological polar surface area (TPSA) is 48.1 Å². The van der Waals surface area contributed by atoms with Gasteiger partial charge in [0.05, 0.1) is 0 Å². The summed E-state index contributed by atoms with van der Waals surface area (Å²) in [4.78, 5) is 4.13. The van der Waals surface area contributed by atoms with E-state index in [-0.39, 0.29) is 0 Å². The second kappa shape index (κ2) is 6.68. The van der Waals surface area contributed by atoms with Crippen molar-refractivity contribution in [3.8, 4) is 5.75 Å². The molecule has 2 aromatic rings. The van der Waals surface area contributed by atoms with Crippen LogP contribution in [0.5, 0.6) is 5.75 Å². The van der Waals surface area contributed by atoms with Crippen LogP contribution in [0.2, 0.25) is 0 Å². The van der Waals surface area contributed by atoms with E-state index in [0.29, 0.717) is 13.2 Å². The maximum absolute atomic E-state index is 5.95. The number of hydrogen-bond donors (Lipinski definition) is 1. The van der Waals surface area contributed by atoms with Crippen LogP contribution in [0.15, 0.2) is 41.1 Å². The largest absolute Gasteiger partial charge is 0.488 e. The summed E-state index contributed by atoms with van der Waals surface area (Å²) in [5.74, 6) is 0.938. The number of rotatable bonds is 5. The molecule has 0 saturated heterocycles. The fourth-order valence-electron chi connectivity index (χ4n) is 1.96. The van der Waals surface area contributed by atoms with Gasteiger partial charge in [0.2, 0.25) is 0 Å². The van der Waals surface area contributed by atoms with E-state index in [0.717, 1.165) is 33.3 Å². The number of hydrogen-bond acceptors (Lipinski definition) is 3. The molecule has 4 heteroatoms. The van der Waals surface area contributed by atoms with E-state index in [1.807, 2.05) is 18.3 Å². The molecule has 3 nitrogen and oxygen atoms in total. The second-order valence-electron chi connectivity index (χ2n) is 4.40. The molecule has 0 aliphatic heterocycles. The summed E-state index contributed by atoms with van der Waals surface area (Å²) in [6.07, 6.45) is 4.40. The van der Waals surface area contributed by atoms with Crippen molar-refractivity contribution < 1.29 is 4.74 Å². The molecule has 0 saturated carbocycles. The van der Waals surface area contributed by atoms with Crippen LogP contribution < -0.4 is 10.5 Å². The Balaban J connectivity index is 2.14. The van der Waals surface area contributed by atoms with Crippen LogP contribution in [0, 0.1) is 6.92 Å². The molecule has 0 spiro atoms. The lowest BCUT2D eigenvalue weighted by Gasteiger charge is -2.13. The summed E-state index contributed by atoms with van der Waals surface area (Å²) in [7, 11) is 0. The fraction of sp³-hybridized carbons (Fsp3) is 0.267. The first-order valence-electron chi connectivity index (χ1n) is 6.21. The van der Waals surface area contributed by atoms with Crippen molar-refractivity contribution in [2.75, 3.05) is 6.54 Å². The fourth-order valence-corrected chi connectivity index (χ4v) is 2.37. The Morgan fingerprint density at radius 3 is 2.89 bits per heavy atom. The molecule has 0 radical (unpaired) electrons. The Morgan fingerprint density at radius 1 is 1.32 bits per heavy atom. The molecule has 1 aromatic heterocycles. The van der Waals surface area contributed by atoms with Crippen LogP contribution >= 0.6 is 15.9 Å². The van der Waals surface area contributed by atoms with Gasteiger partial charge < -0.3 is 10.5 Å². The Kier molecular flexibility index (Phi) is 4.93. The van der Waals surface area contributed by atoms with Crippen molar-refractivity contribution in [1.82, 2.24) is 4.98 Å². The van der Waals surface area contributed by atoms with Gasteiger partial charge in [-0.05, 0) is 53.0 Å². The predicted octanol–water partition coefficient (Wildman–Crippen LogP) is 3.23. The van der Waals surface area contributed by atoms with Crippen LogP contribution in [-0.2, 0) is 13.0 Å². The van der Waals surface area contributed by atoms with E-state index in [4.69, 9.17) is 10.5 Å². The Labute approximate surface area is 121 Å². The first-order valence-corrected chi connectivity index (χ1v) is 7.01. The lowest BCUT2D eigenvalue weighted by molar-refractivity contribution is 0.300. The van der Waals surface area contributed by atoms with Gasteiger partial charge in [0, 0.05) is 22.4 Å². The zero-order chi connectivity index (χ0) is 13.7. The van der Waals surface area contributed by atoms with E-state index < -0.39 is 0 Å². The van der Waals surface area contributed by atoms with Gasteiger partial charge in [0.25, 0.3) is 0 Å². The smallest absolute Gasteiger partial charge is 0.125 e. The number of pyridine rings is 1. The molecule has 2 rings (SSSR count). The number of para-hydroxylation sites is 1. The summed E-state index contributed by atoms with van der Waals surface area (Å²) in [5, 5.41) is 0. The van der Waals surface area contributed by atoms with Gasteiger partial charge in [-0.15, -0.1) is 0 Å². The average Bonchev–Trinajstić information content (AvgIpc) is 2.38. The minimum absolute atomic E-state index is 0.509. The minimum atomic E-state index is 0.509. The van der Waals surface area contributed by atoms with Crippen molar-refractivity contribution in [3.05, 3.63) is 57.8 Å². The summed E-state index contributed by atoms with van der Waals surface area (Å²) < 4.78 is 6.90. The highest BCUT2D eigenvalue weighted by atomic mass is 79.9. The lowest BCUT2D eigenvalue weighted by Crippen LogP contribution is -2.06. The Hall–Kier alpha value is -1.39. The standard InChI is InChI=1S/C15H17BrN2O/c1-11-3-2-4-13(5-6-17)15(11)19-10-12-7-14(16)9-18-8-12/h2-4,7-9H,5-6,10,17H2,1H3. The van der Waals surface area contributed by atoms with E-state index in [9.17, 15) is 0 Å². The molecule has 1 aromatic carbocycles. The quantitative estimate of drug-likeness (QED) is 0.920. The molecule has 19 heavy (non-hydrogen) atoms. The van der Waals surface area contributed by atoms with Crippen LogP contribution in [-0.4, -0.2) is 11.5 Å². The summed E-state index contributed by atoms with van der Waals surface area (Å²) in [6, 6.07) is 8.16. The van der Waals surface area contributed by atoms with Gasteiger partial charge in [-0.1, -0.05) is 18.2 Å². The molecule has 0 atom stereocenters. The van der Waals surface area contributed by atoms with Crippen molar-refractivity contribution in [2.24, 2.45) is 5.73 Å². The number of ether oxygens (including phenoxy) is 1. The monoisotopic (exact) mass is 320 g/mol. The van der Waals surface area contributed by atoms with Gasteiger partial charge in [0.15, 0.2) is 0 Å². The zero-order valence-corrected chi connectivity index (χ0v) is 12.5. The summed E-state index contributed by atoms with van der Waals surface area (Å²) in [6.45, 7) is 3.18. The van der Waals surface area contributed by atoms with E-state index >= 15 is 0 Å². The van der Waals surface area contributed by atoms with Crippen LogP contribution in [0.4, 0.5) is 0 Å². The molecular formula is C15H17BrN2O. The van der Waals surface area contributed by atoms with Gasteiger partial charge in [-0.3, -0.25) is 4.98 Å². The molecule has 0 bridgehead atoms. The molecular weight excluding hydrogens is 304 g/mol. The third kappa shape index (κ3) is 3.78.